The molecule has 0 saturated carbocycles. The largest absolute Gasteiger partial charge is 0.478 e. The van der Waals surface area contributed by atoms with Crippen LogP contribution in [-0.4, -0.2) is 19.8 Å². The number of hydrogen-bond donors (Lipinski definition) is 2. The molecule has 4 aromatic rings. The zero-order chi connectivity index (χ0) is 23.2. The van der Waals surface area contributed by atoms with E-state index in [0.717, 1.165) is 22.3 Å². The van der Waals surface area contributed by atoms with Crippen molar-refractivity contribution in [3.05, 3.63) is 120 Å². The van der Waals surface area contributed by atoms with Gasteiger partial charge in [-0.25, -0.2) is 13.3 Å². The Morgan fingerprint density at radius 1 is 0.758 bits per heavy atom. The lowest BCUT2D eigenvalue weighted by Crippen LogP contribution is -2.20. The van der Waals surface area contributed by atoms with Gasteiger partial charge in [-0.1, -0.05) is 72.8 Å². The summed E-state index contributed by atoms with van der Waals surface area (Å²) in [5, 5.41) is 9.22. The molecule has 0 fully saturated rings. The number of carboxylic acid groups (broad SMARTS) is 1. The summed E-state index contributed by atoms with van der Waals surface area (Å²) in [7, 11) is 0. The van der Waals surface area contributed by atoms with Gasteiger partial charge in [-0.05, 0) is 65.4 Å². The fraction of sp³-hybridized carbons (Fsp3) is 0.0741. The molecular weight excluding hydrogens is 434 g/mol. The van der Waals surface area contributed by atoms with E-state index in [2.05, 4.69) is 0 Å². The van der Waals surface area contributed by atoms with Crippen molar-refractivity contribution in [2.24, 2.45) is 0 Å². The van der Waals surface area contributed by atoms with Gasteiger partial charge in [0.05, 0.1) is 16.9 Å². The van der Waals surface area contributed by atoms with E-state index in [0.29, 0.717) is 24.2 Å². The van der Waals surface area contributed by atoms with E-state index in [9.17, 15) is 18.7 Å². The van der Waals surface area contributed by atoms with Crippen LogP contribution in [-0.2, 0) is 24.1 Å². The minimum atomic E-state index is -2.27. The summed E-state index contributed by atoms with van der Waals surface area (Å²) in [6.07, 6.45) is 1.20. The van der Waals surface area contributed by atoms with E-state index in [1.807, 2.05) is 84.9 Å². The molecule has 0 aliphatic rings. The first-order chi connectivity index (χ1) is 16.0. The van der Waals surface area contributed by atoms with Gasteiger partial charge in [-0.3, -0.25) is 4.55 Å². The molecule has 0 radical (unpaired) electrons. The third kappa shape index (κ3) is 5.37. The molecule has 0 aliphatic heterocycles. The molecule has 33 heavy (non-hydrogen) atoms. The summed E-state index contributed by atoms with van der Waals surface area (Å²) >= 11 is -2.27. The van der Waals surface area contributed by atoms with Crippen molar-refractivity contribution >= 4 is 28.6 Å². The molecule has 0 bridgehead atoms. The third-order valence-corrected chi connectivity index (χ3v) is 6.15. The van der Waals surface area contributed by atoms with Gasteiger partial charge in [0, 0.05) is 0 Å². The van der Waals surface area contributed by atoms with Crippen LogP contribution in [0.25, 0.3) is 11.1 Å². The van der Waals surface area contributed by atoms with E-state index >= 15 is 0 Å². The van der Waals surface area contributed by atoms with Gasteiger partial charge in [-0.15, -0.1) is 0 Å². The van der Waals surface area contributed by atoms with Crippen LogP contribution in [0.1, 0.15) is 21.5 Å². The lowest BCUT2D eigenvalue weighted by atomic mass is 10.0. The molecule has 0 saturated heterocycles. The predicted molar refractivity (Wildman–Crippen MR) is 132 cm³/mol. The van der Waals surface area contributed by atoms with E-state index in [1.54, 1.807) is 18.2 Å². The highest BCUT2D eigenvalue weighted by atomic mass is 32.2. The first-order valence-corrected chi connectivity index (χ1v) is 11.6. The summed E-state index contributed by atoms with van der Waals surface area (Å²) in [5.41, 5.74) is 5.38. The monoisotopic (exact) mass is 457 g/mol. The van der Waals surface area contributed by atoms with Crippen molar-refractivity contribution in [1.29, 1.82) is 0 Å². The van der Waals surface area contributed by atoms with Crippen LogP contribution in [0, 0.1) is 0 Å². The predicted octanol–water partition coefficient (Wildman–Crippen LogP) is 6.11. The highest BCUT2D eigenvalue weighted by Crippen LogP contribution is 2.32. The Kier molecular flexibility index (Phi) is 6.98. The lowest BCUT2D eigenvalue weighted by molar-refractivity contribution is 0.0696. The minimum Gasteiger partial charge on any atom is -0.478 e. The van der Waals surface area contributed by atoms with E-state index in [4.69, 9.17) is 0 Å². The Bertz CT molecular complexity index is 1270. The van der Waals surface area contributed by atoms with Crippen molar-refractivity contribution in [3.8, 4) is 11.1 Å². The molecule has 0 aliphatic carbocycles. The molecule has 5 nitrogen and oxygen atoms in total. The van der Waals surface area contributed by atoms with Gasteiger partial charge in [0.1, 0.15) is 0 Å². The van der Waals surface area contributed by atoms with Gasteiger partial charge in [0.25, 0.3) is 11.3 Å². The normalized spacial score (nSPS) is 11.7. The summed E-state index contributed by atoms with van der Waals surface area (Å²) in [5.74, 6) is -0.960. The second-order valence-electron chi connectivity index (χ2n) is 7.57. The molecule has 1 atom stereocenters. The SMILES string of the molecule is O=C(O)c1cccc(CCc2ccccc2N(c2ccc(-c3ccccc3)cc2)S(=O)O)c1. The highest BCUT2D eigenvalue weighted by molar-refractivity contribution is 7.81. The van der Waals surface area contributed by atoms with E-state index in [1.165, 1.54) is 4.31 Å². The summed E-state index contributed by atoms with van der Waals surface area (Å²) < 4.78 is 23.9. The fourth-order valence-corrected chi connectivity index (χ4v) is 4.44. The average Bonchev–Trinajstić information content (AvgIpc) is 2.84. The molecule has 4 rings (SSSR count). The number of carboxylic acids is 1. The maximum absolute atomic E-state index is 12.4. The Morgan fingerprint density at radius 3 is 2.12 bits per heavy atom. The molecular formula is C27H23NO4S. The standard InChI is InChI=1S/C27H23NO4S/c29-27(30)24-11-6-7-20(19-24)13-14-23-10-4-5-12-26(23)28(33(31)32)25-17-15-22(16-18-25)21-8-2-1-3-9-21/h1-12,15-19H,13-14H2,(H,29,30)(H,31,32). The van der Waals surface area contributed by atoms with Crippen LogP contribution in [0.5, 0.6) is 0 Å². The van der Waals surface area contributed by atoms with E-state index < -0.39 is 17.2 Å². The summed E-state index contributed by atoms with van der Waals surface area (Å²) in [6.45, 7) is 0. The van der Waals surface area contributed by atoms with Crippen LogP contribution in [0.2, 0.25) is 0 Å². The number of carbonyl (C=O) groups is 1. The lowest BCUT2D eigenvalue weighted by Gasteiger charge is -2.23. The summed E-state index contributed by atoms with van der Waals surface area (Å²) in [4.78, 5) is 11.2. The average molecular weight is 458 g/mol. The van der Waals surface area contributed by atoms with Crippen molar-refractivity contribution in [2.45, 2.75) is 12.8 Å². The molecule has 0 amide bonds. The molecule has 166 valence electrons. The first kappa shape index (κ1) is 22.5. The molecule has 4 aromatic carbocycles. The number of aromatic carboxylic acids is 1. The zero-order valence-corrected chi connectivity index (χ0v) is 18.6. The smallest absolute Gasteiger partial charge is 0.335 e. The molecule has 0 heterocycles. The molecule has 2 N–H and O–H groups in total. The molecule has 0 spiro atoms. The topological polar surface area (TPSA) is 77.8 Å². The summed E-state index contributed by atoms with van der Waals surface area (Å²) in [6, 6.07) is 31.8. The van der Waals surface area contributed by atoms with Gasteiger partial charge >= 0.3 is 5.97 Å². The van der Waals surface area contributed by atoms with Crippen molar-refractivity contribution in [3.63, 3.8) is 0 Å². The number of hydrogen-bond acceptors (Lipinski definition) is 2. The number of aryl methyl sites for hydroxylation is 2. The van der Waals surface area contributed by atoms with Crippen LogP contribution in [0.15, 0.2) is 103 Å². The number of rotatable bonds is 8. The number of anilines is 2. The van der Waals surface area contributed by atoms with Crippen LogP contribution < -0.4 is 4.31 Å². The third-order valence-electron chi connectivity index (χ3n) is 5.43. The Balaban J connectivity index is 1.61. The molecule has 0 aromatic heterocycles. The number of para-hydroxylation sites is 1. The van der Waals surface area contributed by atoms with Gasteiger partial charge < -0.3 is 5.11 Å². The first-order valence-electron chi connectivity index (χ1n) is 10.5. The van der Waals surface area contributed by atoms with Crippen LogP contribution >= 0.6 is 0 Å². The Morgan fingerprint density at radius 2 is 1.42 bits per heavy atom. The highest BCUT2D eigenvalue weighted by Gasteiger charge is 2.18. The van der Waals surface area contributed by atoms with E-state index in [-0.39, 0.29) is 5.56 Å². The van der Waals surface area contributed by atoms with Crippen molar-refractivity contribution in [1.82, 2.24) is 0 Å². The minimum absolute atomic E-state index is 0.248. The Hall–Kier alpha value is -3.74. The zero-order valence-electron chi connectivity index (χ0n) is 17.8. The maximum Gasteiger partial charge on any atom is 0.335 e. The van der Waals surface area contributed by atoms with Crippen molar-refractivity contribution < 1.29 is 18.7 Å². The fourth-order valence-electron chi connectivity index (χ4n) is 3.79. The van der Waals surface area contributed by atoms with Crippen LogP contribution in [0.3, 0.4) is 0 Å². The molecule has 6 heteroatoms. The van der Waals surface area contributed by atoms with Crippen molar-refractivity contribution in [2.75, 3.05) is 4.31 Å². The maximum atomic E-state index is 12.4. The van der Waals surface area contributed by atoms with Gasteiger partial charge in [-0.2, -0.15) is 0 Å². The number of benzene rings is 4. The van der Waals surface area contributed by atoms with Gasteiger partial charge in [0.2, 0.25) is 0 Å². The second kappa shape index (κ2) is 10.3. The Labute approximate surface area is 195 Å². The van der Waals surface area contributed by atoms with Gasteiger partial charge in [0.15, 0.2) is 0 Å². The second-order valence-corrected chi connectivity index (χ2v) is 8.40. The number of nitrogens with zero attached hydrogens (tertiary/aromatic N) is 1. The molecule has 1 unspecified atom stereocenters. The quantitative estimate of drug-likeness (QED) is 0.313. The van der Waals surface area contributed by atoms with Crippen LogP contribution in [0.4, 0.5) is 11.4 Å².